The third kappa shape index (κ3) is 1.01. The lowest BCUT2D eigenvalue weighted by Crippen LogP contribution is -1.69. The second kappa shape index (κ2) is 3.14. The Labute approximate surface area is 92.5 Å². The molecule has 3 rings (SSSR count). The highest BCUT2D eigenvalue weighted by Crippen LogP contribution is 2.35. The van der Waals surface area contributed by atoms with Crippen LogP contribution >= 0.6 is 0 Å². The van der Waals surface area contributed by atoms with E-state index >= 15 is 0 Å². The van der Waals surface area contributed by atoms with Gasteiger partial charge < -0.3 is 8.83 Å². The first kappa shape index (κ1) is 9.04. The van der Waals surface area contributed by atoms with E-state index in [2.05, 4.69) is 13.2 Å². The molecule has 0 atom stereocenters. The Hall–Kier alpha value is -2.22. The number of benzene rings is 1. The summed E-state index contributed by atoms with van der Waals surface area (Å²) < 4.78 is 11.5. The average Bonchev–Trinajstić information content (AvgIpc) is 2.83. The molecule has 3 aromatic rings. The molecule has 16 heavy (non-hydrogen) atoms. The molecule has 0 spiro atoms. The number of fused-ring (bicyclic) bond motifs is 3. The SMILES string of the molecule is C=Cc1oc2c(oc3ccccc32)c1C=C. The number of para-hydroxylation sites is 1. The molecule has 2 nitrogen and oxygen atoms in total. The molecule has 0 aliphatic heterocycles. The Kier molecular flexibility index (Phi) is 1.77. The van der Waals surface area contributed by atoms with Gasteiger partial charge in [0.25, 0.3) is 0 Å². The normalized spacial score (nSPS) is 11.0. The first-order valence-corrected chi connectivity index (χ1v) is 5.04. The number of hydrogen-bond acceptors (Lipinski definition) is 2. The van der Waals surface area contributed by atoms with E-state index in [0.717, 1.165) is 27.7 Å². The summed E-state index contributed by atoms with van der Waals surface area (Å²) in [6, 6.07) is 7.80. The van der Waals surface area contributed by atoms with E-state index in [1.807, 2.05) is 24.3 Å². The van der Waals surface area contributed by atoms with Gasteiger partial charge in [-0.05, 0) is 18.2 Å². The van der Waals surface area contributed by atoms with Gasteiger partial charge >= 0.3 is 0 Å². The molecule has 2 aromatic heterocycles. The van der Waals surface area contributed by atoms with Gasteiger partial charge in [-0.2, -0.15) is 0 Å². The molecule has 78 valence electrons. The highest BCUT2D eigenvalue weighted by atomic mass is 16.4. The van der Waals surface area contributed by atoms with Crippen molar-refractivity contribution in [2.24, 2.45) is 0 Å². The maximum absolute atomic E-state index is 5.74. The van der Waals surface area contributed by atoms with Crippen molar-refractivity contribution in [1.82, 2.24) is 0 Å². The topological polar surface area (TPSA) is 26.3 Å². The van der Waals surface area contributed by atoms with Gasteiger partial charge in [0.1, 0.15) is 11.3 Å². The van der Waals surface area contributed by atoms with Crippen LogP contribution in [0.15, 0.2) is 46.3 Å². The number of hydrogen-bond donors (Lipinski definition) is 0. The van der Waals surface area contributed by atoms with Crippen molar-refractivity contribution < 1.29 is 8.83 Å². The predicted octanol–water partition coefficient (Wildman–Crippen LogP) is 4.47. The molecular weight excluding hydrogens is 200 g/mol. The van der Waals surface area contributed by atoms with Crippen LogP contribution in [0.25, 0.3) is 34.3 Å². The van der Waals surface area contributed by atoms with Gasteiger partial charge in [0.15, 0.2) is 11.2 Å². The molecule has 0 aliphatic rings. The van der Waals surface area contributed by atoms with Crippen molar-refractivity contribution in [3.05, 3.63) is 48.7 Å². The van der Waals surface area contributed by atoms with E-state index in [-0.39, 0.29) is 0 Å². The van der Waals surface area contributed by atoms with Crippen LogP contribution in [0, 0.1) is 0 Å². The molecule has 0 unspecified atom stereocenters. The zero-order valence-corrected chi connectivity index (χ0v) is 8.69. The lowest BCUT2D eigenvalue weighted by Gasteiger charge is -1.89. The fourth-order valence-electron chi connectivity index (χ4n) is 1.92. The predicted molar refractivity (Wildman–Crippen MR) is 66.2 cm³/mol. The zero-order valence-electron chi connectivity index (χ0n) is 8.69. The Morgan fingerprint density at radius 2 is 1.75 bits per heavy atom. The van der Waals surface area contributed by atoms with Crippen molar-refractivity contribution in [3.8, 4) is 0 Å². The summed E-state index contributed by atoms with van der Waals surface area (Å²) in [5, 5.41) is 0.980. The third-order valence-electron chi connectivity index (χ3n) is 2.66. The molecule has 0 radical (unpaired) electrons. The second-order valence-corrected chi connectivity index (χ2v) is 3.54. The van der Waals surface area contributed by atoms with E-state index in [1.165, 1.54) is 0 Å². The van der Waals surface area contributed by atoms with E-state index in [0.29, 0.717) is 5.76 Å². The van der Waals surface area contributed by atoms with Crippen LogP contribution < -0.4 is 0 Å². The molecule has 0 saturated carbocycles. The Morgan fingerprint density at radius 1 is 0.938 bits per heavy atom. The van der Waals surface area contributed by atoms with Gasteiger partial charge in [-0.15, -0.1) is 0 Å². The maximum Gasteiger partial charge on any atom is 0.181 e. The number of furan rings is 2. The summed E-state index contributed by atoms with van der Waals surface area (Å²) in [6.07, 6.45) is 3.40. The van der Waals surface area contributed by atoms with Gasteiger partial charge in [0.2, 0.25) is 0 Å². The lowest BCUT2D eigenvalue weighted by atomic mass is 10.2. The molecule has 0 bridgehead atoms. The minimum absolute atomic E-state index is 0.703. The quantitative estimate of drug-likeness (QED) is 0.624. The van der Waals surface area contributed by atoms with Crippen molar-refractivity contribution in [1.29, 1.82) is 0 Å². The Bertz CT molecular complexity index is 698. The fourth-order valence-corrected chi connectivity index (χ4v) is 1.92. The molecule has 2 heteroatoms. The van der Waals surface area contributed by atoms with Crippen molar-refractivity contribution in [3.63, 3.8) is 0 Å². The first-order valence-electron chi connectivity index (χ1n) is 5.04. The highest BCUT2D eigenvalue weighted by Gasteiger charge is 2.16. The standard InChI is InChI=1S/C14H10O2/c1-3-9-11(4-2)15-14-10-7-5-6-8-12(10)16-13(9)14/h3-8H,1-2H2. The van der Waals surface area contributed by atoms with Crippen LogP contribution in [-0.4, -0.2) is 0 Å². The number of rotatable bonds is 2. The maximum atomic E-state index is 5.74. The monoisotopic (exact) mass is 210 g/mol. The van der Waals surface area contributed by atoms with Gasteiger partial charge in [-0.1, -0.05) is 31.4 Å². The molecule has 0 aliphatic carbocycles. The van der Waals surface area contributed by atoms with Crippen molar-refractivity contribution >= 4 is 34.3 Å². The second-order valence-electron chi connectivity index (χ2n) is 3.54. The van der Waals surface area contributed by atoms with Gasteiger partial charge in [0.05, 0.1) is 10.9 Å². The largest absolute Gasteiger partial charge is 0.452 e. The third-order valence-corrected chi connectivity index (χ3v) is 2.66. The fraction of sp³-hybridized carbons (Fsp3) is 0. The minimum Gasteiger partial charge on any atom is -0.452 e. The molecular formula is C14H10O2. The van der Waals surface area contributed by atoms with E-state index < -0.39 is 0 Å². The Balaban J connectivity index is 2.54. The van der Waals surface area contributed by atoms with Crippen LogP contribution in [0.5, 0.6) is 0 Å². The van der Waals surface area contributed by atoms with Crippen LogP contribution in [0.1, 0.15) is 11.3 Å². The lowest BCUT2D eigenvalue weighted by molar-refractivity contribution is 0.605. The first-order chi connectivity index (χ1) is 7.85. The summed E-state index contributed by atoms with van der Waals surface area (Å²) in [5.74, 6) is 0.703. The van der Waals surface area contributed by atoms with Crippen LogP contribution in [0.2, 0.25) is 0 Å². The Morgan fingerprint density at radius 3 is 2.50 bits per heavy atom. The molecule has 2 heterocycles. The summed E-state index contributed by atoms with van der Waals surface area (Å²) in [7, 11) is 0. The van der Waals surface area contributed by atoms with Crippen molar-refractivity contribution in [2.45, 2.75) is 0 Å². The summed E-state index contributed by atoms with van der Waals surface area (Å²) in [6.45, 7) is 7.48. The average molecular weight is 210 g/mol. The van der Waals surface area contributed by atoms with Crippen molar-refractivity contribution in [2.75, 3.05) is 0 Å². The van der Waals surface area contributed by atoms with Gasteiger partial charge in [-0.25, -0.2) is 0 Å². The molecule has 0 saturated heterocycles. The van der Waals surface area contributed by atoms with Crippen LogP contribution in [-0.2, 0) is 0 Å². The molecule has 0 amide bonds. The molecule has 0 N–H and O–H groups in total. The van der Waals surface area contributed by atoms with E-state index in [4.69, 9.17) is 8.83 Å². The van der Waals surface area contributed by atoms with E-state index in [1.54, 1.807) is 12.2 Å². The minimum atomic E-state index is 0.703. The summed E-state index contributed by atoms with van der Waals surface area (Å²) in [4.78, 5) is 0. The summed E-state index contributed by atoms with van der Waals surface area (Å²) >= 11 is 0. The van der Waals surface area contributed by atoms with Gasteiger partial charge in [-0.3, -0.25) is 0 Å². The van der Waals surface area contributed by atoms with Crippen LogP contribution in [0.3, 0.4) is 0 Å². The smallest absolute Gasteiger partial charge is 0.181 e. The van der Waals surface area contributed by atoms with E-state index in [9.17, 15) is 0 Å². The zero-order chi connectivity index (χ0) is 11.1. The summed E-state index contributed by atoms with van der Waals surface area (Å²) in [5.41, 5.74) is 3.20. The van der Waals surface area contributed by atoms with Crippen LogP contribution in [0.4, 0.5) is 0 Å². The molecule has 0 fully saturated rings. The highest BCUT2D eigenvalue weighted by molar-refractivity contribution is 6.05. The van der Waals surface area contributed by atoms with Gasteiger partial charge in [0, 0.05) is 0 Å². The molecule has 1 aromatic carbocycles.